The van der Waals surface area contributed by atoms with Gasteiger partial charge in [-0.3, -0.25) is 4.90 Å². The van der Waals surface area contributed by atoms with E-state index >= 15 is 0 Å². The highest BCUT2D eigenvalue weighted by molar-refractivity contribution is 5.67. The minimum Gasteiger partial charge on any atom is -0.445 e. The van der Waals surface area contributed by atoms with E-state index in [1.54, 1.807) is 4.90 Å². The van der Waals surface area contributed by atoms with Crippen LogP contribution in [0.15, 0.2) is 30.3 Å². The lowest BCUT2D eigenvalue weighted by Crippen LogP contribution is -2.39. The lowest BCUT2D eigenvalue weighted by Gasteiger charge is -2.27. The van der Waals surface area contributed by atoms with Crippen LogP contribution in [0.4, 0.5) is 4.79 Å². The van der Waals surface area contributed by atoms with E-state index in [2.05, 4.69) is 18.4 Å². The first-order valence-electron chi connectivity index (χ1n) is 8.87. The van der Waals surface area contributed by atoms with Crippen LogP contribution in [0.2, 0.25) is 0 Å². The number of amides is 1. The van der Waals surface area contributed by atoms with Crippen molar-refractivity contribution in [3.8, 4) is 0 Å². The van der Waals surface area contributed by atoms with Gasteiger partial charge >= 0.3 is 6.09 Å². The van der Waals surface area contributed by atoms with Crippen molar-refractivity contribution in [2.24, 2.45) is 5.73 Å². The molecule has 2 heterocycles. The van der Waals surface area contributed by atoms with Gasteiger partial charge in [-0.05, 0) is 12.0 Å². The van der Waals surface area contributed by atoms with Crippen LogP contribution in [-0.2, 0) is 31.0 Å². The van der Waals surface area contributed by atoms with Gasteiger partial charge in [-0.25, -0.2) is 9.78 Å². The molecule has 0 fully saturated rings. The topological polar surface area (TPSA) is 73.4 Å². The number of carbonyl (C=O) groups excluding carboxylic acids is 1. The number of fused-ring (bicyclic) bond motifs is 1. The standard InChI is InChI=1S/C19H26N4O2/c1-3-14(2)18-16(11-20)23-10-9-22(12-17(23)21-18)19(24)25-13-15-7-5-4-6-8-15/h4-8,14H,3,9-13,20H2,1-2H3/t14-/m0/s1. The molecule has 0 aliphatic carbocycles. The fraction of sp³-hybridized carbons (Fsp3) is 0.474. The van der Waals surface area contributed by atoms with Crippen LogP contribution in [0.25, 0.3) is 0 Å². The molecule has 0 saturated carbocycles. The Morgan fingerprint density at radius 1 is 1.32 bits per heavy atom. The molecule has 1 amide bonds. The minimum atomic E-state index is -0.294. The third kappa shape index (κ3) is 3.69. The number of nitrogens with zero attached hydrogens (tertiary/aromatic N) is 3. The Bertz CT molecular complexity index is 727. The van der Waals surface area contributed by atoms with E-state index in [1.165, 1.54) is 0 Å². The zero-order chi connectivity index (χ0) is 17.8. The van der Waals surface area contributed by atoms with Gasteiger partial charge in [0.1, 0.15) is 12.4 Å². The zero-order valence-corrected chi connectivity index (χ0v) is 14.9. The number of hydrogen-bond acceptors (Lipinski definition) is 4. The molecule has 25 heavy (non-hydrogen) atoms. The monoisotopic (exact) mass is 342 g/mol. The van der Waals surface area contributed by atoms with Gasteiger partial charge in [0, 0.05) is 25.6 Å². The van der Waals surface area contributed by atoms with Crippen molar-refractivity contribution in [1.29, 1.82) is 0 Å². The summed E-state index contributed by atoms with van der Waals surface area (Å²) >= 11 is 0. The molecule has 0 bridgehead atoms. The molecule has 1 atom stereocenters. The smallest absolute Gasteiger partial charge is 0.410 e. The van der Waals surface area contributed by atoms with Crippen LogP contribution in [0.3, 0.4) is 0 Å². The Kier molecular flexibility index (Phi) is 5.38. The average molecular weight is 342 g/mol. The number of rotatable bonds is 5. The van der Waals surface area contributed by atoms with Crippen molar-refractivity contribution in [2.75, 3.05) is 6.54 Å². The Labute approximate surface area is 148 Å². The van der Waals surface area contributed by atoms with Crippen molar-refractivity contribution in [1.82, 2.24) is 14.5 Å². The number of nitrogens with two attached hydrogens (primary N) is 1. The van der Waals surface area contributed by atoms with Gasteiger partial charge in [0.15, 0.2) is 0 Å². The maximum Gasteiger partial charge on any atom is 0.410 e. The maximum absolute atomic E-state index is 12.4. The predicted octanol–water partition coefficient (Wildman–Crippen LogP) is 3.01. The molecule has 2 aromatic rings. The molecule has 2 N–H and O–H groups in total. The Morgan fingerprint density at radius 3 is 2.76 bits per heavy atom. The minimum absolute atomic E-state index is 0.288. The molecule has 6 nitrogen and oxygen atoms in total. The van der Waals surface area contributed by atoms with Gasteiger partial charge < -0.3 is 15.0 Å². The summed E-state index contributed by atoms with van der Waals surface area (Å²) < 4.78 is 7.61. The number of benzene rings is 1. The van der Waals surface area contributed by atoms with E-state index in [0.717, 1.165) is 29.2 Å². The number of imidazole rings is 1. The van der Waals surface area contributed by atoms with Gasteiger partial charge in [0.05, 0.1) is 17.9 Å². The zero-order valence-electron chi connectivity index (χ0n) is 14.9. The first kappa shape index (κ1) is 17.5. The lowest BCUT2D eigenvalue weighted by atomic mass is 10.0. The van der Waals surface area contributed by atoms with Crippen LogP contribution in [-0.4, -0.2) is 27.1 Å². The summed E-state index contributed by atoms with van der Waals surface area (Å²) in [6.07, 6.45) is 0.726. The van der Waals surface area contributed by atoms with Crippen LogP contribution >= 0.6 is 0 Å². The van der Waals surface area contributed by atoms with E-state index in [0.29, 0.717) is 32.1 Å². The summed E-state index contributed by atoms with van der Waals surface area (Å²) in [5, 5.41) is 0. The molecule has 0 spiro atoms. The highest BCUT2D eigenvalue weighted by atomic mass is 16.6. The summed E-state index contributed by atoms with van der Waals surface area (Å²) in [7, 11) is 0. The highest BCUT2D eigenvalue weighted by Crippen LogP contribution is 2.26. The van der Waals surface area contributed by atoms with Gasteiger partial charge in [-0.2, -0.15) is 0 Å². The predicted molar refractivity (Wildman–Crippen MR) is 95.9 cm³/mol. The number of aromatic nitrogens is 2. The maximum atomic E-state index is 12.4. The molecule has 1 aliphatic heterocycles. The first-order chi connectivity index (χ1) is 12.1. The second-order valence-electron chi connectivity index (χ2n) is 6.49. The first-order valence-corrected chi connectivity index (χ1v) is 8.87. The molecular formula is C19H26N4O2. The van der Waals surface area contributed by atoms with Crippen molar-refractivity contribution in [3.63, 3.8) is 0 Å². The molecule has 6 heteroatoms. The largest absolute Gasteiger partial charge is 0.445 e. The van der Waals surface area contributed by atoms with E-state index in [4.69, 9.17) is 15.5 Å². The fourth-order valence-corrected chi connectivity index (χ4v) is 3.18. The van der Waals surface area contributed by atoms with Crippen molar-refractivity contribution >= 4 is 6.09 Å². The Morgan fingerprint density at radius 2 is 2.08 bits per heavy atom. The third-order valence-corrected chi connectivity index (χ3v) is 4.84. The second-order valence-corrected chi connectivity index (χ2v) is 6.49. The molecule has 0 unspecified atom stereocenters. The third-order valence-electron chi connectivity index (χ3n) is 4.84. The second kappa shape index (κ2) is 7.70. The molecule has 1 aliphatic rings. The van der Waals surface area contributed by atoms with Crippen LogP contribution in [0, 0.1) is 0 Å². The van der Waals surface area contributed by atoms with Crippen LogP contribution in [0.5, 0.6) is 0 Å². The molecule has 1 aromatic heterocycles. The normalized spacial score (nSPS) is 14.9. The van der Waals surface area contributed by atoms with Gasteiger partial charge in [0.25, 0.3) is 0 Å². The SMILES string of the molecule is CC[C@H](C)c1nc2n(c1CN)CCN(C(=O)OCc1ccccc1)C2. The van der Waals surface area contributed by atoms with Crippen molar-refractivity contribution in [3.05, 3.63) is 53.1 Å². The summed E-state index contributed by atoms with van der Waals surface area (Å²) in [5.74, 6) is 1.27. The van der Waals surface area contributed by atoms with Crippen LogP contribution in [0.1, 0.15) is 49.0 Å². The number of ether oxygens (including phenoxy) is 1. The van der Waals surface area contributed by atoms with Gasteiger partial charge in [0.2, 0.25) is 0 Å². The summed E-state index contributed by atoms with van der Waals surface area (Å²) in [4.78, 5) is 18.9. The van der Waals surface area contributed by atoms with E-state index in [9.17, 15) is 4.79 Å². The molecule has 0 saturated heterocycles. The summed E-state index contributed by atoms with van der Waals surface area (Å²) in [5.41, 5.74) is 9.10. The van der Waals surface area contributed by atoms with E-state index in [1.807, 2.05) is 30.3 Å². The molecule has 0 radical (unpaired) electrons. The Balaban J connectivity index is 1.68. The van der Waals surface area contributed by atoms with Crippen LogP contribution < -0.4 is 5.73 Å². The summed E-state index contributed by atoms with van der Waals surface area (Å²) in [6, 6.07) is 9.71. The number of hydrogen-bond donors (Lipinski definition) is 1. The van der Waals surface area contributed by atoms with Crippen molar-refractivity contribution < 1.29 is 9.53 Å². The fourth-order valence-electron chi connectivity index (χ4n) is 3.18. The average Bonchev–Trinajstić information content (AvgIpc) is 3.04. The quantitative estimate of drug-likeness (QED) is 0.906. The summed E-state index contributed by atoms with van der Waals surface area (Å²) in [6.45, 7) is 6.88. The van der Waals surface area contributed by atoms with Gasteiger partial charge in [-0.1, -0.05) is 44.2 Å². The molecule has 134 valence electrons. The highest BCUT2D eigenvalue weighted by Gasteiger charge is 2.27. The van der Waals surface area contributed by atoms with Crippen molar-refractivity contribution in [2.45, 2.75) is 52.4 Å². The van der Waals surface area contributed by atoms with Gasteiger partial charge in [-0.15, -0.1) is 0 Å². The van der Waals surface area contributed by atoms with E-state index < -0.39 is 0 Å². The lowest BCUT2D eigenvalue weighted by molar-refractivity contribution is 0.0859. The number of carbonyl (C=O) groups is 1. The molecule has 1 aromatic carbocycles. The molecule has 3 rings (SSSR count). The molecular weight excluding hydrogens is 316 g/mol. The van der Waals surface area contributed by atoms with E-state index in [-0.39, 0.29) is 12.7 Å². The Hall–Kier alpha value is -2.34.